The van der Waals surface area contributed by atoms with Crippen molar-refractivity contribution in [2.75, 3.05) is 12.4 Å². The summed E-state index contributed by atoms with van der Waals surface area (Å²) in [7, 11) is 0. The first kappa shape index (κ1) is 28.2. The third-order valence-electron chi connectivity index (χ3n) is 5.36. The molecule has 0 unspecified atom stereocenters. The van der Waals surface area contributed by atoms with Crippen LogP contribution >= 0.6 is 12.6 Å². The lowest BCUT2D eigenvalue weighted by Gasteiger charge is -2.30. The molecule has 0 aliphatic heterocycles. The Morgan fingerprint density at radius 3 is 1.72 bits per heavy atom. The summed E-state index contributed by atoms with van der Waals surface area (Å²) in [4.78, 5) is 23.7. The number of rotatable bonds is 20. The summed E-state index contributed by atoms with van der Waals surface area (Å²) in [5, 5.41) is 30.5. The topological polar surface area (TPSA) is 107 Å². The van der Waals surface area contributed by atoms with Gasteiger partial charge in [0.05, 0.1) is 12.7 Å². The van der Waals surface area contributed by atoms with E-state index in [0.717, 1.165) is 12.8 Å². The van der Waals surface area contributed by atoms with Gasteiger partial charge in [-0.25, -0.2) is 4.79 Å². The summed E-state index contributed by atoms with van der Waals surface area (Å²) in [6.07, 6.45) is 14.6. The number of thiol groups is 1. The SMILES string of the molecule is CCCCCCCCCCCCCCCC(=O)N[C@@](CS)(C[C@@H](O)CO)C(=O)O. The predicted octanol–water partition coefficient (Wildman–Crippen LogP) is 4.08. The van der Waals surface area contributed by atoms with Crippen molar-refractivity contribution in [2.45, 2.75) is 115 Å². The van der Waals surface area contributed by atoms with Crippen molar-refractivity contribution in [1.29, 1.82) is 0 Å². The maximum Gasteiger partial charge on any atom is 0.330 e. The number of aliphatic hydroxyl groups is 2. The molecule has 7 heteroatoms. The molecular weight excluding hydrogens is 390 g/mol. The van der Waals surface area contributed by atoms with Gasteiger partial charge in [0, 0.05) is 18.6 Å². The van der Waals surface area contributed by atoms with E-state index in [-0.39, 0.29) is 24.5 Å². The van der Waals surface area contributed by atoms with E-state index in [1.807, 2.05) is 0 Å². The van der Waals surface area contributed by atoms with Crippen LogP contribution < -0.4 is 5.32 Å². The summed E-state index contributed by atoms with van der Waals surface area (Å²) in [5.74, 6) is -1.75. The van der Waals surface area contributed by atoms with Gasteiger partial charge in [0.1, 0.15) is 5.54 Å². The zero-order valence-electron chi connectivity index (χ0n) is 18.2. The van der Waals surface area contributed by atoms with Crippen LogP contribution in [-0.2, 0) is 9.59 Å². The van der Waals surface area contributed by atoms with Crippen LogP contribution in [0.4, 0.5) is 0 Å². The number of aliphatic carboxylic acids is 1. The Labute approximate surface area is 182 Å². The van der Waals surface area contributed by atoms with Crippen LogP contribution in [0, 0.1) is 0 Å². The molecule has 0 fully saturated rings. The van der Waals surface area contributed by atoms with E-state index < -0.39 is 24.2 Å². The van der Waals surface area contributed by atoms with Crippen molar-refractivity contribution in [2.24, 2.45) is 0 Å². The molecule has 172 valence electrons. The number of hydrogen-bond acceptors (Lipinski definition) is 5. The van der Waals surface area contributed by atoms with Crippen molar-refractivity contribution in [1.82, 2.24) is 5.32 Å². The second kappa shape index (κ2) is 18.0. The zero-order chi connectivity index (χ0) is 22.0. The van der Waals surface area contributed by atoms with Gasteiger partial charge in [0.25, 0.3) is 0 Å². The minimum absolute atomic E-state index is 0.149. The second-order valence-electron chi connectivity index (χ2n) is 8.13. The van der Waals surface area contributed by atoms with Gasteiger partial charge in [-0.3, -0.25) is 4.79 Å². The fraction of sp³-hybridized carbons (Fsp3) is 0.909. The lowest BCUT2D eigenvalue weighted by atomic mass is 9.93. The van der Waals surface area contributed by atoms with Gasteiger partial charge in [-0.05, 0) is 6.42 Å². The fourth-order valence-electron chi connectivity index (χ4n) is 3.46. The molecule has 0 aromatic heterocycles. The molecule has 0 spiro atoms. The number of carbonyl (C=O) groups excluding carboxylic acids is 1. The standard InChI is InChI=1S/C22H43NO5S/c1-2-3-4-5-6-7-8-9-10-11-12-13-14-15-20(26)23-22(18-29,21(27)28)16-19(25)17-24/h19,24-25,29H,2-18H2,1H3,(H,23,26)(H,27,28)/t19-,22-/m1/s1. The van der Waals surface area contributed by atoms with Crippen LogP contribution in [0.1, 0.15) is 103 Å². The normalized spacial score (nSPS) is 14.3. The average Bonchev–Trinajstić information content (AvgIpc) is 2.70. The quantitative estimate of drug-likeness (QED) is 0.147. The number of amides is 1. The fourth-order valence-corrected chi connectivity index (χ4v) is 3.81. The first-order chi connectivity index (χ1) is 13.9. The van der Waals surface area contributed by atoms with Gasteiger partial charge < -0.3 is 20.6 Å². The molecule has 0 saturated carbocycles. The highest BCUT2D eigenvalue weighted by atomic mass is 32.1. The van der Waals surface area contributed by atoms with E-state index in [2.05, 4.69) is 24.9 Å². The number of hydrogen-bond donors (Lipinski definition) is 5. The molecule has 1 amide bonds. The van der Waals surface area contributed by atoms with Crippen LogP contribution in [0.15, 0.2) is 0 Å². The van der Waals surface area contributed by atoms with E-state index >= 15 is 0 Å². The van der Waals surface area contributed by atoms with Gasteiger partial charge in [-0.1, -0.05) is 84.0 Å². The van der Waals surface area contributed by atoms with Crippen LogP contribution in [-0.4, -0.2) is 51.2 Å². The van der Waals surface area contributed by atoms with Crippen molar-refractivity contribution in [3.63, 3.8) is 0 Å². The van der Waals surface area contributed by atoms with E-state index in [9.17, 15) is 19.8 Å². The molecule has 0 aliphatic rings. The highest BCUT2D eigenvalue weighted by Gasteiger charge is 2.40. The average molecular weight is 434 g/mol. The van der Waals surface area contributed by atoms with Crippen molar-refractivity contribution < 1.29 is 24.9 Å². The smallest absolute Gasteiger partial charge is 0.330 e. The maximum absolute atomic E-state index is 12.1. The molecule has 0 rings (SSSR count). The molecule has 0 saturated heterocycles. The zero-order valence-corrected chi connectivity index (χ0v) is 19.1. The Bertz CT molecular complexity index is 435. The number of aliphatic hydroxyl groups excluding tert-OH is 2. The Hall–Kier alpha value is -0.790. The Balaban J connectivity index is 3.83. The number of unbranched alkanes of at least 4 members (excludes halogenated alkanes) is 12. The highest BCUT2D eigenvalue weighted by molar-refractivity contribution is 7.80. The van der Waals surface area contributed by atoms with Crippen LogP contribution in [0.5, 0.6) is 0 Å². The monoisotopic (exact) mass is 433 g/mol. The Kier molecular flexibility index (Phi) is 17.5. The highest BCUT2D eigenvalue weighted by Crippen LogP contribution is 2.18. The van der Waals surface area contributed by atoms with Gasteiger partial charge in [0.2, 0.25) is 5.91 Å². The molecule has 6 nitrogen and oxygen atoms in total. The summed E-state index contributed by atoms with van der Waals surface area (Å²) in [5.41, 5.74) is -1.65. The molecular formula is C22H43NO5S. The summed E-state index contributed by atoms with van der Waals surface area (Å²) in [6, 6.07) is 0. The summed E-state index contributed by atoms with van der Waals surface area (Å²) >= 11 is 4.03. The van der Waals surface area contributed by atoms with Gasteiger partial charge in [-0.15, -0.1) is 0 Å². The van der Waals surface area contributed by atoms with Gasteiger partial charge >= 0.3 is 5.97 Å². The largest absolute Gasteiger partial charge is 0.479 e. The predicted molar refractivity (Wildman–Crippen MR) is 120 cm³/mol. The molecule has 4 N–H and O–H groups in total. The third kappa shape index (κ3) is 13.9. The van der Waals surface area contributed by atoms with Gasteiger partial charge in [0.15, 0.2) is 0 Å². The van der Waals surface area contributed by atoms with Crippen LogP contribution in [0.2, 0.25) is 0 Å². The number of nitrogens with one attached hydrogen (secondary N) is 1. The second-order valence-corrected chi connectivity index (χ2v) is 8.44. The minimum atomic E-state index is -1.65. The Morgan fingerprint density at radius 2 is 1.34 bits per heavy atom. The summed E-state index contributed by atoms with van der Waals surface area (Å²) < 4.78 is 0. The summed E-state index contributed by atoms with van der Waals surface area (Å²) in [6.45, 7) is 1.68. The molecule has 0 aromatic rings. The minimum Gasteiger partial charge on any atom is -0.479 e. The first-order valence-corrected chi connectivity index (χ1v) is 12.0. The van der Waals surface area contributed by atoms with E-state index in [1.54, 1.807) is 0 Å². The van der Waals surface area contributed by atoms with E-state index in [1.165, 1.54) is 64.2 Å². The molecule has 0 bridgehead atoms. The molecule has 0 heterocycles. The molecule has 0 radical (unpaired) electrons. The van der Waals surface area contributed by atoms with Crippen molar-refractivity contribution in [3.8, 4) is 0 Å². The molecule has 29 heavy (non-hydrogen) atoms. The van der Waals surface area contributed by atoms with Crippen LogP contribution in [0.3, 0.4) is 0 Å². The van der Waals surface area contributed by atoms with E-state index in [4.69, 9.17) is 5.11 Å². The third-order valence-corrected chi connectivity index (χ3v) is 5.90. The van der Waals surface area contributed by atoms with E-state index in [0.29, 0.717) is 6.42 Å². The number of carbonyl (C=O) groups is 2. The maximum atomic E-state index is 12.1. The lowest BCUT2D eigenvalue weighted by Crippen LogP contribution is -2.58. The van der Waals surface area contributed by atoms with Crippen molar-refractivity contribution >= 4 is 24.5 Å². The number of carboxylic acid groups (broad SMARTS) is 1. The Morgan fingerprint density at radius 1 is 0.897 bits per heavy atom. The van der Waals surface area contributed by atoms with Crippen LogP contribution in [0.25, 0.3) is 0 Å². The molecule has 2 atom stereocenters. The number of carboxylic acids is 1. The molecule has 0 aliphatic carbocycles. The van der Waals surface area contributed by atoms with Crippen molar-refractivity contribution in [3.05, 3.63) is 0 Å². The first-order valence-electron chi connectivity index (χ1n) is 11.4. The molecule has 0 aromatic carbocycles. The van der Waals surface area contributed by atoms with Gasteiger partial charge in [-0.2, -0.15) is 12.6 Å². The lowest BCUT2D eigenvalue weighted by molar-refractivity contribution is -0.148.